The van der Waals surface area contributed by atoms with Crippen molar-refractivity contribution in [1.82, 2.24) is 5.32 Å². The molecule has 0 heterocycles. The molecule has 1 N–H and O–H groups in total. The van der Waals surface area contributed by atoms with Crippen LogP contribution in [0.25, 0.3) is 10.8 Å². The first-order valence-electron chi connectivity index (χ1n) is 7.76. The molecule has 22 heavy (non-hydrogen) atoms. The van der Waals surface area contributed by atoms with E-state index in [0.29, 0.717) is 11.7 Å². The van der Waals surface area contributed by atoms with Gasteiger partial charge in [-0.1, -0.05) is 45.0 Å². The van der Waals surface area contributed by atoms with Gasteiger partial charge in [0.05, 0.1) is 0 Å². The van der Waals surface area contributed by atoms with Crippen LogP contribution in [0.1, 0.15) is 50.8 Å². The normalized spacial score (nSPS) is 20.4. The molecule has 0 spiro atoms. The summed E-state index contributed by atoms with van der Waals surface area (Å²) in [6, 6.07) is 10.6. The van der Waals surface area contributed by atoms with Crippen LogP contribution in [0.4, 0.5) is 0 Å². The summed E-state index contributed by atoms with van der Waals surface area (Å²) in [5.74, 6) is 0.762. The third-order valence-corrected chi connectivity index (χ3v) is 4.57. The lowest BCUT2D eigenvalue weighted by molar-refractivity contribution is -0.131. The average Bonchev–Trinajstić information content (AvgIpc) is 2.76. The van der Waals surface area contributed by atoms with Gasteiger partial charge in [-0.3, -0.25) is 4.79 Å². The number of carbonyl (C=O) groups excluding carboxylic acids is 1. The molecule has 1 aliphatic carbocycles. The quantitative estimate of drug-likeness (QED) is 0.668. The second kappa shape index (κ2) is 5.10. The first kappa shape index (κ1) is 15.0. The van der Waals surface area contributed by atoms with Gasteiger partial charge in [-0.15, -0.1) is 0 Å². The summed E-state index contributed by atoms with van der Waals surface area (Å²) in [6.45, 7) is 8.27. The van der Waals surface area contributed by atoms with Gasteiger partial charge in [0.1, 0.15) is 5.75 Å². The standard InChI is InChI=1S/C19H23NO2/c1-11(21)22-15-10-9-14-16-12(15)7-6-8-13(16)17(18(14)20-5)19(2,3)4/h6-10,17-18,20H,1-5H3. The van der Waals surface area contributed by atoms with Crippen molar-refractivity contribution in [3.63, 3.8) is 0 Å². The van der Waals surface area contributed by atoms with Crippen LogP contribution in [0.15, 0.2) is 30.3 Å². The van der Waals surface area contributed by atoms with Gasteiger partial charge in [0.15, 0.2) is 0 Å². The number of carbonyl (C=O) groups is 1. The molecule has 0 fully saturated rings. The Morgan fingerprint density at radius 2 is 1.86 bits per heavy atom. The molecule has 0 saturated heterocycles. The number of hydrogen-bond acceptors (Lipinski definition) is 3. The SMILES string of the molecule is CNC1c2ccc(OC(C)=O)c3cccc(c23)C1C(C)(C)C. The zero-order valence-electron chi connectivity index (χ0n) is 13.9. The van der Waals surface area contributed by atoms with Crippen molar-refractivity contribution in [2.45, 2.75) is 39.7 Å². The highest BCUT2D eigenvalue weighted by Crippen LogP contribution is 2.54. The summed E-state index contributed by atoms with van der Waals surface area (Å²) in [6.07, 6.45) is 0. The second-order valence-corrected chi connectivity index (χ2v) is 7.13. The van der Waals surface area contributed by atoms with Gasteiger partial charge in [-0.05, 0) is 35.0 Å². The summed E-state index contributed by atoms with van der Waals surface area (Å²) in [7, 11) is 2.01. The van der Waals surface area contributed by atoms with E-state index in [2.05, 4.69) is 44.3 Å². The van der Waals surface area contributed by atoms with Crippen molar-refractivity contribution in [2.24, 2.45) is 5.41 Å². The summed E-state index contributed by atoms with van der Waals surface area (Å²) in [4.78, 5) is 11.4. The van der Waals surface area contributed by atoms with E-state index in [-0.39, 0.29) is 17.4 Å². The van der Waals surface area contributed by atoms with Crippen LogP contribution >= 0.6 is 0 Å². The smallest absolute Gasteiger partial charge is 0.308 e. The molecule has 2 aromatic rings. The highest BCUT2D eigenvalue weighted by atomic mass is 16.5. The number of esters is 1. The summed E-state index contributed by atoms with van der Waals surface area (Å²) < 4.78 is 5.40. The van der Waals surface area contributed by atoms with Crippen LogP contribution in [-0.2, 0) is 4.79 Å². The van der Waals surface area contributed by atoms with E-state index in [1.807, 2.05) is 19.2 Å². The summed E-state index contributed by atoms with van der Waals surface area (Å²) in [5, 5.41) is 5.74. The average molecular weight is 297 g/mol. The first-order chi connectivity index (χ1) is 10.3. The number of ether oxygens (including phenoxy) is 1. The molecule has 0 bridgehead atoms. The molecule has 116 valence electrons. The Bertz CT molecular complexity index is 743. The van der Waals surface area contributed by atoms with Crippen LogP contribution in [0.3, 0.4) is 0 Å². The molecule has 2 aromatic carbocycles. The zero-order valence-corrected chi connectivity index (χ0v) is 13.9. The number of rotatable bonds is 2. The fourth-order valence-corrected chi connectivity index (χ4v) is 3.85. The van der Waals surface area contributed by atoms with Crippen molar-refractivity contribution in [3.05, 3.63) is 41.5 Å². The van der Waals surface area contributed by atoms with Gasteiger partial charge < -0.3 is 10.1 Å². The van der Waals surface area contributed by atoms with E-state index >= 15 is 0 Å². The molecule has 0 amide bonds. The topological polar surface area (TPSA) is 38.3 Å². The van der Waals surface area contributed by atoms with Crippen LogP contribution in [0.2, 0.25) is 0 Å². The lowest BCUT2D eigenvalue weighted by Crippen LogP contribution is -2.28. The van der Waals surface area contributed by atoms with Crippen molar-refractivity contribution in [2.75, 3.05) is 7.05 Å². The molecule has 2 unspecified atom stereocenters. The van der Waals surface area contributed by atoms with Crippen LogP contribution < -0.4 is 10.1 Å². The molecule has 3 heteroatoms. The molecule has 0 aliphatic heterocycles. The minimum Gasteiger partial charge on any atom is -0.426 e. The monoisotopic (exact) mass is 297 g/mol. The lowest BCUT2D eigenvalue weighted by atomic mass is 9.74. The van der Waals surface area contributed by atoms with E-state index in [1.165, 1.54) is 23.4 Å². The van der Waals surface area contributed by atoms with Crippen molar-refractivity contribution in [3.8, 4) is 5.75 Å². The number of benzene rings is 2. The third-order valence-electron chi connectivity index (χ3n) is 4.57. The minimum atomic E-state index is -0.281. The third kappa shape index (κ3) is 2.20. The molecule has 2 atom stereocenters. The predicted molar refractivity (Wildman–Crippen MR) is 89.3 cm³/mol. The van der Waals surface area contributed by atoms with E-state index in [0.717, 1.165) is 5.39 Å². The largest absolute Gasteiger partial charge is 0.426 e. The summed E-state index contributed by atoms with van der Waals surface area (Å²) >= 11 is 0. The van der Waals surface area contributed by atoms with Gasteiger partial charge in [0.25, 0.3) is 0 Å². The van der Waals surface area contributed by atoms with E-state index < -0.39 is 0 Å². The second-order valence-electron chi connectivity index (χ2n) is 7.13. The maximum Gasteiger partial charge on any atom is 0.308 e. The number of nitrogens with one attached hydrogen (secondary N) is 1. The maximum atomic E-state index is 11.4. The van der Waals surface area contributed by atoms with E-state index in [1.54, 1.807) is 0 Å². The highest BCUT2D eigenvalue weighted by Gasteiger charge is 2.40. The van der Waals surface area contributed by atoms with E-state index in [4.69, 9.17) is 4.74 Å². The molecule has 0 saturated carbocycles. The fourth-order valence-electron chi connectivity index (χ4n) is 3.85. The van der Waals surface area contributed by atoms with Crippen LogP contribution in [0, 0.1) is 5.41 Å². The molecule has 3 nitrogen and oxygen atoms in total. The molecule has 1 aliphatic rings. The fraction of sp³-hybridized carbons (Fsp3) is 0.421. The van der Waals surface area contributed by atoms with Crippen molar-refractivity contribution >= 4 is 16.7 Å². The maximum absolute atomic E-state index is 11.4. The first-order valence-corrected chi connectivity index (χ1v) is 7.76. The Morgan fingerprint density at radius 3 is 2.45 bits per heavy atom. The van der Waals surface area contributed by atoms with Crippen molar-refractivity contribution < 1.29 is 9.53 Å². The Morgan fingerprint density at radius 1 is 1.14 bits per heavy atom. The van der Waals surface area contributed by atoms with Gasteiger partial charge in [-0.2, -0.15) is 0 Å². The van der Waals surface area contributed by atoms with Crippen LogP contribution in [-0.4, -0.2) is 13.0 Å². The molecular weight excluding hydrogens is 274 g/mol. The van der Waals surface area contributed by atoms with Crippen molar-refractivity contribution in [1.29, 1.82) is 0 Å². The number of hydrogen-bond donors (Lipinski definition) is 1. The Kier molecular flexibility index (Phi) is 3.48. The van der Waals surface area contributed by atoms with Crippen LogP contribution in [0.5, 0.6) is 5.75 Å². The molecule has 0 aromatic heterocycles. The molecule has 3 rings (SSSR count). The highest BCUT2D eigenvalue weighted by molar-refractivity contribution is 5.97. The van der Waals surface area contributed by atoms with Gasteiger partial charge >= 0.3 is 5.97 Å². The minimum absolute atomic E-state index is 0.141. The lowest BCUT2D eigenvalue weighted by Gasteiger charge is -2.33. The summed E-state index contributed by atoms with van der Waals surface area (Å²) in [5.41, 5.74) is 2.78. The van der Waals surface area contributed by atoms with E-state index in [9.17, 15) is 4.79 Å². The Labute approximate surface area is 131 Å². The van der Waals surface area contributed by atoms with Gasteiger partial charge in [0, 0.05) is 24.3 Å². The van der Waals surface area contributed by atoms with Gasteiger partial charge in [0.2, 0.25) is 0 Å². The zero-order chi connectivity index (χ0) is 16.1. The Hall–Kier alpha value is -1.87. The predicted octanol–water partition coefficient (Wildman–Crippen LogP) is 4.17. The van der Waals surface area contributed by atoms with Gasteiger partial charge in [-0.25, -0.2) is 0 Å². The molecular formula is C19H23NO2. The Balaban J connectivity index is 2.28. The number of likely N-dealkylation sites (N-methyl/N-ethyl adjacent to an activating group) is 1. The molecule has 0 radical (unpaired) electrons.